The number of hydrogen-bond donors (Lipinski definition) is 1. The number of rotatable bonds is 9. The Morgan fingerprint density at radius 3 is 2.36 bits per heavy atom. The van der Waals surface area contributed by atoms with Crippen LogP contribution in [-0.4, -0.2) is 69.8 Å². The first-order chi connectivity index (χ1) is 22.2. The second-order valence-electron chi connectivity index (χ2n) is 10.9. The Kier molecular flexibility index (Phi) is 9.56. The van der Waals surface area contributed by atoms with Crippen LogP contribution in [0, 0.1) is 5.92 Å². The third-order valence-electron chi connectivity index (χ3n) is 7.87. The van der Waals surface area contributed by atoms with Crippen LogP contribution in [0.15, 0.2) is 36.4 Å². The van der Waals surface area contributed by atoms with Crippen LogP contribution in [0.4, 0.5) is 26.3 Å². The first-order valence-electron chi connectivity index (χ1n) is 14.6. The Bertz CT molecular complexity index is 1620. The van der Waals surface area contributed by atoms with Gasteiger partial charge in [0.15, 0.2) is 17.3 Å². The molecule has 0 radical (unpaired) electrons. The first-order valence-corrected chi connectivity index (χ1v) is 14.6. The molecule has 1 N–H and O–H groups in total. The van der Waals surface area contributed by atoms with Crippen molar-refractivity contribution < 1.29 is 60.0 Å². The second-order valence-corrected chi connectivity index (χ2v) is 10.9. The topological polar surface area (TPSA) is 125 Å². The molecular formula is C30H30F6N4O7. The first kappa shape index (κ1) is 33.8. The standard InChI is InChI=1S/C30H30F6N4O7/c1-3-45-21-6-4-5-18(26(21)44-2)25-19-14-17(47-30(34,35)36)7-8-20(19)40-27(37-38-28(40)29(31,32)33)22(46-25)15-23(41)39-11-9-16(10-12-39)13-24(42)43/h4-8,14,16,22,25H,3,9-13,15H2,1-2H3,(H,42,43)/t22-,25-/m1/s1. The van der Waals surface area contributed by atoms with E-state index < -0.39 is 60.4 Å². The molecule has 5 rings (SSSR count). The number of carboxylic acid groups (broad SMARTS) is 1. The molecule has 17 heteroatoms. The van der Waals surface area contributed by atoms with Gasteiger partial charge in [-0.15, -0.1) is 23.4 Å². The fourth-order valence-electron chi connectivity index (χ4n) is 5.90. The summed E-state index contributed by atoms with van der Waals surface area (Å²) in [6.07, 6.45) is -12.8. The van der Waals surface area contributed by atoms with Crippen molar-refractivity contribution >= 4 is 11.9 Å². The van der Waals surface area contributed by atoms with Crippen molar-refractivity contribution in [2.45, 2.75) is 57.4 Å². The van der Waals surface area contributed by atoms with Crippen LogP contribution in [0.5, 0.6) is 17.2 Å². The lowest BCUT2D eigenvalue weighted by atomic mass is 9.93. The van der Waals surface area contributed by atoms with Crippen molar-refractivity contribution in [2.24, 2.45) is 5.92 Å². The zero-order valence-corrected chi connectivity index (χ0v) is 25.1. The molecule has 0 unspecified atom stereocenters. The monoisotopic (exact) mass is 672 g/mol. The highest BCUT2D eigenvalue weighted by Crippen LogP contribution is 2.48. The van der Waals surface area contributed by atoms with Crippen LogP contribution >= 0.6 is 0 Å². The van der Waals surface area contributed by atoms with E-state index in [-0.39, 0.29) is 60.3 Å². The minimum absolute atomic E-state index is 0.0558. The average molecular weight is 673 g/mol. The van der Waals surface area contributed by atoms with Gasteiger partial charge in [0, 0.05) is 30.6 Å². The third kappa shape index (κ3) is 7.39. The number of piperidine rings is 1. The summed E-state index contributed by atoms with van der Waals surface area (Å²) in [6.45, 7) is 2.36. The maximum atomic E-state index is 14.3. The number of carboxylic acids is 1. The van der Waals surface area contributed by atoms with Gasteiger partial charge in [-0.25, -0.2) is 0 Å². The quantitative estimate of drug-likeness (QED) is 0.279. The number of alkyl halides is 6. The van der Waals surface area contributed by atoms with E-state index in [0.717, 1.165) is 18.2 Å². The number of carbonyl (C=O) groups is 2. The van der Waals surface area contributed by atoms with Crippen molar-refractivity contribution in [3.63, 3.8) is 0 Å². The van der Waals surface area contributed by atoms with E-state index in [0.29, 0.717) is 17.4 Å². The molecule has 3 aromatic rings. The number of amides is 1. The molecule has 254 valence electrons. The van der Waals surface area contributed by atoms with Crippen molar-refractivity contribution in [3.8, 4) is 22.9 Å². The van der Waals surface area contributed by atoms with E-state index in [1.54, 1.807) is 19.1 Å². The van der Waals surface area contributed by atoms with Gasteiger partial charge in [-0.2, -0.15) is 13.2 Å². The highest BCUT2D eigenvalue weighted by atomic mass is 19.4. The third-order valence-corrected chi connectivity index (χ3v) is 7.87. The zero-order valence-electron chi connectivity index (χ0n) is 25.1. The molecule has 1 fully saturated rings. The number of aromatic nitrogens is 3. The molecule has 1 saturated heterocycles. The number of benzene rings is 2. The molecule has 2 atom stereocenters. The summed E-state index contributed by atoms with van der Waals surface area (Å²) < 4.78 is 105. The van der Waals surface area contributed by atoms with Crippen LogP contribution in [0.2, 0.25) is 0 Å². The summed E-state index contributed by atoms with van der Waals surface area (Å²) in [6, 6.07) is 7.39. The Hall–Kier alpha value is -4.54. The predicted molar refractivity (Wildman–Crippen MR) is 149 cm³/mol. The number of aliphatic carboxylic acids is 1. The van der Waals surface area contributed by atoms with Gasteiger partial charge in [-0.3, -0.25) is 14.2 Å². The normalized spacial score (nSPS) is 18.6. The molecule has 2 aromatic carbocycles. The molecule has 1 amide bonds. The minimum atomic E-state index is -5.12. The highest BCUT2D eigenvalue weighted by Gasteiger charge is 2.44. The van der Waals surface area contributed by atoms with Crippen LogP contribution in [0.1, 0.15) is 67.6 Å². The number of carbonyl (C=O) groups excluding carboxylic acids is 1. The maximum Gasteiger partial charge on any atom is 0.573 e. The summed E-state index contributed by atoms with van der Waals surface area (Å²) in [4.78, 5) is 26.2. The van der Waals surface area contributed by atoms with E-state index in [2.05, 4.69) is 14.9 Å². The molecule has 0 bridgehead atoms. The number of hydrogen-bond acceptors (Lipinski definition) is 8. The smallest absolute Gasteiger partial charge is 0.492 e. The van der Waals surface area contributed by atoms with Gasteiger partial charge in [0.05, 0.1) is 25.8 Å². The van der Waals surface area contributed by atoms with Crippen LogP contribution in [-0.2, 0) is 20.5 Å². The van der Waals surface area contributed by atoms with E-state index in [1.165, 1.54) is 18.1 Å². The fraction of sp³-hybridized carbons (Fsp3) is 0.467. The zero-order chi connectivity index (χ0) is 34.1. The number of likely N-dealkylation sites (tertiary alicyclic amines) is 1. The SMILES string of the molecule is CCOc1cccc([C@H]2O[C@H](CC(=O)N3CCC(CC(=O)O)CC3)c3nnc(C(F)(F)F)n3-c3ccc(OC(F)(F)F)cc32)c1OC. The summed E-state index contributed by atoms with van der Waals surface area (Å²) in [5, 5.41) is 16.2. The summed E-state index contributed by atoms with van der Waals surface area (Å²) in [5.74, 6) is -3.88. The maximum absolute atomic E-state index is 14.3. The lowest BCUT2D eigenvalue weighted by molar-refractivity contribution is -0.274. The number of fused-ring (bicyclic) bond motifs is 3. The lowest BCUT2D eigenvalue weighted by Crippen LogP contribution is -2.39. The molecule has 2 aliphatic heterocycles. The van der Waals surface area contributed by atoms with Gasteiger partial charge >= 0.3 is 18.5 Å². The largest absolute Gasteiger partial charge is 0.573 e. The molecule has 11 nitrogen and oxygen atoms in total. The number of methoxy groups -OCH3 is 1. The van der Waals surface area contributed by atoms with E-state index in [4.69, 9.17) is 19.3 Å². The van der Waals surface area contributed by atoms with Gasteiger partial charge in [0.1, 0.15) is 18.0 Å². The minimum Gasteiger partial charge on any atom is -0.492 e. The van der Waals surface area contributed by atoms with Gasteiger partial charge in [-0.05, 0) is 49.9 Å². The van der Waals surface area contributed by atoms with Crippen LogP contribution < -0.4 is 14.2 Å². The predicted octanol–water partition coefficient (Wildman–Crippen LogP) is 5.86. The Morgan fingerprint density at radius 1 is 1.02 bits per heavy atom. The fourth-order valence-corrected chi connectivity index (χ4v) is 5.90. The van der Waals surface area contributed by atoms with Gasteiger partial charge in [0.25, 0.3) is 0 Å². The number of halogens is 6. The average Bonchev–Trinajstić information content (AvgIpc) is 3.40. The molecule has 3 heterocycles. The number of para-hydroxylation sites is 1. The lowest BCUT2D eigenvalue weighted by Gasteiger charge is -2.32. The molecule has 0 spiro atoms. The Labute approximate surface area is 264 Å². The Morgan fingerprint density at radius 2 is 1.74 bits per heavy atom. The van der Waals surface area contributed by atoms with Gasteiger partial charge < -0.3 is 29.0 Å². The second kappa shape index (κ2) is 13.3. The summed E-state index contributed by atoms with van der Waals surface area (Å²) in [7, 11) is 1.31. The number of ether oxygens (including phenoxy) is 4. The molecule has 47 heavy (non-hydrogen) atoms. The molecule has 0 aliphatic carbocycles. The molecular weight excluding hydrogens is 642 g/mol. The van der Waals surface area contributed by atoms with E-state index in [1.807, 2.05) is 0 Å². The highest BCUT2D eigenvalue weighted by molar-refractivity contribution is 5.77. The number of nitrogens with zero attached hydrogens (tertiary/aromatic N) is 4. The van der Waals surface area contributed by atoms with Crippen LogP contribution in [0.3, 0.4) is 0 Å². The van der Waals surface area contributed by atoms with Crippen molar-refractivity contribution in [1.29, 1.82) is 0 Å². The molecule has 1 aromatic heterocycles. The van der Waals surface area contributed by atoms with Gasteiger partial charge in [-0.1, -0.05) is 12.1 Å². The van der Waals surface area contributed by atoms with Crippen molar-refractivity contribution in [3.05, 3.63) is 59.2 Å². The summed E-state index contributed by atoms with van der Waals surface area (Å²) >= 11 is 0. The van der Waals surface area contributed by atoms with Gasteiger partial charge in [0.2, 0.25) is 11.7 Å². The molecule has 2 aliphatic rings. The van der Waals surface area contributed by atoms with Crippen molar-refractivity contribution in [2.75, 3.05) is 26.8 Å². The Balaban J connectivity index is 1.64. The van der Waals surface area contributed by atoms with E-state index in [9.17, 15) is 35.9 Å². The van der Waals surface area contributed by atoms with E-state index >= 15 is 0 Å². The van der Waals surface area contributed by atoms with Crippen LogP contribution in [0.25, 0.3) is 5.69 Å². The summed E-state index contributed by atoms with van der Waals surface area (Å²) in [5.41, 5.74) is -0.261. The molecule has 0 saturated carbocycles. The van der Waals surface area contributed by atoms with Crippen molar-refractivity contribution in [1.82, 2.24) is 19.7 Å².